The molecule has 0 aromatic carbocycles. The molecule has 0 amide bonds. The van der Waals surface area contributed by atoms with Gasteiger partial charge in [0.2, 0.25) is 0 Å². The number of rotatable bonds is 2. The summed E-state index contributed by atoms with van der Waals surface area (Å²) in [6.45, 7) is 6.31. The van der Waals surface area contributed by atoms with Crippen molar-refractivity contribution in [1.82, 2.24) is 0 Å². The predicted molar refractivity (Wildman–Crippen MR) is 55.5 cm³/mol. The molecule has 0 fully saturated rings. The third kappa shape index (κ3) is 2.30. The molecule has 0 radical (unpaired) electrons. The highest BCUT2D eigenvalue weighted by Crippen LogP contribution is 2.30. The molecule has 0 aromatic rings. The molecule has 13 heavy (non-hydrogen) atoms. The number of aldehydes is 1. The van der Waals surface area contributed by atoms with E-state index in [1.54, 1.807) is 0 Å². The summed E-state index contributed by atoms with van der Waals surface area (Å²) in [5, 5.41) is 0. The second-order valence-electron chi connectivity index (χ2n) is 3.89. The maximum absolute atomic E-state index is 10.8. The number of carbonyl (C=O) groups excluding carboxylic acids is 1. The number of carbonyl (C=O) groups is 1. The average molecular weight is 178 g/mol. The zero-order valence-electron chi connectivity index (χ0n) is 8.71. The van der Waals surface area contributed by atoms with Crippen LogP contribution in [0, 0.1) is 11.8 Å². The lowest BCUT2D eigenvalue weighted by Gasteiger charge is -2.23. The highest BCUT2D eigenvalue weighted by atomic mass is 16.1. The third-order valence-corrected chi connectivity index (χ3v) is 3.02. The van der Waals surface area contributed by atoms with Crippen molar-refractivity contribution in [2.75, 3.05) is 0 Å². The van der Waals surface area contributed by atoms with Crippen LogP contribution in [0.2, 0.25) is 0 Å². The van der Waals surface area contributed by atoms with Gasteiger partial charge in [0.25, 0.3) is 0 Å². The van der Waals surface area contributed by atoms with Gasteiger partial charge in [-0.05, 0) is 38.2 Å². The fourth-order valence-corrected chi connectivity index (χ4v) is 1.74. The summed E-state index contributed by atoms with van der Waals surface area (Å²) < 4.78 is 0. The average Bonchev–Trinajstić information content (AvgIpc) is 2.17. The maximum atomic E-state index is 10.8. The fraction of sp³-hybridized carbons (Fsp3) is 0.583. The Morgan fingerprint density at radius 1 is 1.62 bits per heavy atom. The molecule has 1 heteroatoms. The van der Waals surface area contributed by atoms with Crippen LogP contribution in [-0.4, -0.2) is 6.29 Å². The smallest absolute Gasteiger partial charge is 0.127 e. The topological polar surface area (TPSA) is 17.1 Å². The summed E-state index contributed by atoms with van der Waals surface area (Å²) in [6, 6.07) is 0. The molecule has 2 atom stereocenters. The van der Waals surface area contributed by atoms with E-state index in [1.807, 2.05) is 6.92 Å². The number of allylic oxidation sites excluding steroid dienone is 4. The minimum atomic E-state index is 0.138. The third-order valence-electron chi connectivity index (χ3n) is 3.02. The zero-order valence-corrected chi connectivity index (χ0v) is 8.71. The Balaban J connectivity index is 2.83. The highest BCUT2D eigenvalue weighted by molar-refractivity contribution is 5.59. The van der Waals surface area contributed by atoms with E-state index >= 15 is 0 Å². The van der Waals surface area contributed by atoms with Crippen molar-refractivity contribution in [3.05, 3.63) is 23.3 Å². The molecule has 0 saturated heterocycles. The lowest BCUT2D eigenvalue weighted by Crippen LogP contribution is -2.16. The van der Waals surface area contributed by atoms with E-state index in [1.165, 1.54) is 11.1 Å². The van der Waals surface area contributed by atoms with E-state index < -0.39 is 0 Å². The summed E-state index contributed by atoms with van der Waals surface area (Å²) in [4.78, 5) is 10.8. The van der Waals surface area contributed by atoms with Gasteiger partial charge < -0.3 is 4.79 Å². The SMILES string of the molecule is C/C=C(/C)C1=CC(C=O)C(C)CC1. The molecule has 1 rings (SSSR count). The molecule has 0 saturated carbocycles. The van der Waals surface area contributed by atoms with Crippen LogP contribution in [0.5, 0.6) is 0 Å². The Morgan fingerprint density at radius 3 is 2.85 bits per heavy atom. The van der Waals surface area contributed by atoms with Crippen molar-refractivity contribution in [3.63, 3.8) is 0 Å². The lowest BCUT2D eigenvalue weighted by molar-refractivity contribution is -0.111. The van der Waals surface area contributed by atoms with Crippen molar-refractivity contribution in [2.45, 2.75) is 33.6 Å². The molecular weight excluding hydrogens is 160 g/mol. The normalized spacial score (nSPS) is 29.8. The minimum absolute atomic E-state index is 0.138. The Hall–Kier alpha value is -0.850. The molecule has 0 bridgehead atoms. The Bertz CT molecular complexity index is 248. The van der Waals surface area contributed by atoms with Gasteiger partial charge in [0.15, 0.2) is 0 Å². The van der Waals surface area contributed by atoms with Gasteiger partial charge in [-0.1, -0.05) is 24.6 Å². The predicted octanol–water partition coefficient (Wildman–Crippen LogP) is 3.12. The molecule has 0 aromatic heterocycles. The largest absolute Gasteiger partial charge is 0.303 e. The van der Waals surface area contributed by atoms with Crippen LogP contribution >= 0.6 is 0 Å². The van der Waals surface area contributed by atoms with Gasteiger partial charge in [-0.3, -0.25) is 0 Å². The van der Waals surface area contributed by atoms with Gasteiger partial charge >= 0.3 is 0 Å². The van der Waals surface area contributed by atoms with Crippen molar-refractivity contribution in [3.8, 4) is 0 Å². The van der Waals surface area contributed by atoms with Gasteiger partial charge in [0.05, 0.1) is 0 Å². The summed E-state index contributed by atoms with van der Waals surface area (Å²) >= 11 is 0. The molecule has 0 spiro atoms. The summed E-state index contributed by atoms with van der Waals surface area (Å²) in [5.41, 5.74) is 2.68. The van der Waals surface area contributed by atoms with Crippen LogP contribution in [0.4, 0.5) is 0 Å². The monoisotopic (exact) mass is 178 g/mol. The fourth-order valence-electron chi connectivity index (χ4n) is 1.74. The van der Waals surface area contributed by atoms with E-state index in [4.69, 9.17) is 0 Å². The summed E-state index contributed by atoms with van der Waals surface area (Å²) in [5.74, 6) is 0.657. The first-order chi connectivity index (χ1) is 6.19. The summed E-state index contributed by atoms with van der Waals surface area (Å²) in [6.07, 6.45) is 7.59. The molecule has 2 unspecified atom stereocenters. The maximum Gasteiger partial charge on any atom is 0.127 e. The van der Waals surface area contributed by atoms with Crippen LogP contribution in [-0.2, 0) is 4.79 Å². The lowest BCUT2D eigenvalue weighted by atomic mass is 9.81. The first-order valence-corrected chi connectivity index (χ1v) is 4.98. The zero-order chi connectivity index (χ0) is 9.84. The van der Waals surface area contributed by atoms with Crippen molar-refractivity contribution in [2.24, 2.45) is 11.8 Å². The first-order valence-electron chi connectivity index (χ1n) is 4.98. The van der Waals surface area contributed by atoms with Crippen LogP contribution in [0.3, 0.4) is 0 Å². The van der Waals surface area contributed by atoms with E-state index in [2.05, 4.69) is 26.0 Å². The molecule has 1 nitrogen and oxygen atoms in total. The van der Waals surface area contributed by atoms with Gasteiger partial charge in [0, 0.05) is 5.92 Å². The molecule has 1 aliphatic rings. The second-order valence-corrected chi connectivity index (χ2v) is 3.89. The molecule has 0 heterocycles. The number of hydrogen-bond donors (Lipinski definition) is 0. The number of hydrogen-bond acceptors (Lipinski definition) is 1. The quantitative estimate of drug-likeness (QED) is 0.594. The highest BCUT2D eigenvalue weighted by Gasteiger charge is 2.20. The van der Waals surface area contributed by atoms with E-state index in [0.717, 1.165) is 19.1 Å². The summed E-state index contributed by atoms with van der Waals surface area (Å²) in [7, 11) is 0. The van der Waals surface area contributed by atoms with E-state index in [-0.39, 0.29) is 5.92 Å². The van der Waals surface area contributed by atoms with Gasteiger partial charge in [-0.15, -0.1) is 0 Å². The molecule has 0 aliphatic heterocycles. The van der Waals surface area contributed by atoms with Crippen molar-refractivity contribution >= 4 is 6.29 Å². The van der Waals surface area contributed by atoms with Crippen LogP contribution in [0.1, 0.15) is 33.6 Å². The van der Waals surface area contributed by atoms with Crippen LogP contribution < -0.4 is 0 Å². The molecule has 1 aliphatic carbocycles. The van der Waals surface area contributed by atoms with Gasteiger partial charge in [0.1, 0.15) is 6.29 Å². The Morgan fingerprint density at radius 2 is 2.31 bits per heavy atom. The standard InChI is InChI=1S/C12H18O/c1-4-9(2)11-6-5-10(3)12(7-11)8-13/h4,7-8,10,12H,5-6H2,1-3H3/b9-4-. The van der Waals surface area contributed by atoms with Crippen molar-refractivity contribution in [1.29, 1.82) is 0 Å². The minimum Gasteiger partial charge on any atom is -0.303 e. The molecular formula is C12H18O. The van der Waals surface area contributed by atoms with E-state index in [9.17, 15) is 4.79 Å². The Labute approximate surface area is 80.5 Å². The Kier molecular flexibility index (Phi) is 3.47. The van der Waals surface area contributed by atoms with Crippen LogP contribution in [0.15, 0.2) is 23.3 Å². The van der Waals surface area contributed by atoms with E-state index in [0.29, 0.717) is 5.92 Å². The van der Waals surface area contributed by atoms with Crippen LogP contribution in [0.25, 0.3) is 0 Å². The van der Waals surface area contributed by atoms with Gasteiger partial charge in [-0.25, -0.2) is 0 Å². The van der Waals surface area contributed by atoms with Crippen molar-refractivity contribution < 1.29 is 4.79 Å². The molecule has 0 N–H and O–H groups in total. The second kappa shape index (κ2) is 4.40. The molecule has 72 valence electrons. The van der Waals surface area contributed by atoms with Gasteiger partial charge in [-0.2, -0.15) is 0 Å². The first kappa shape index (κ1) is 10.2.